The highest BCUT2D eigenvalue weighted by Gasteiger charge is 2.47. The van der Waals surface area contributed by atoms with E-state index in [1.807, 2.05) is 0 Å². The summed E-state index contributed by atoms with van der Waals surface area (Å²) in [5.41, 5.74) is -0.750. The summed E-state index contributed by atoms with van der Waals surface area (Å²) < 4.78 is 32.3. The average Bonchev–Trinajstić information content (AvgIpc) is 3.10. The van der Waals surface area contributed by atoms with Crippen LogP contribution in [0.1, 0.15) is 27.2 Å². The Morgan fingerprint density at radius 2 is 1.32 bits per heavy atom. The Morgan fingerprint density at radius 3 is 1.92 bits per heavy atom. The molecule has 22 nitrogen and oxygen atoms in total. The zero-order valence-electron chi connectivity index (χ0n) is 29.7. The number of hydrogen-bond donors (Lipinski definition) is 13. The first-order valence-corrected chi connectivity index (χ1v) is 17.3. The Morgan fingerprint density at radius 1 is 0.755 bits per heavy atom. The number of aliphatic hydroxyl groups is 10. The van der Waals surface area contributed by atoms with Gasteiger partial charge < -0.3 is 100 Å². The Bertz CT molecular complexity index is 1180. The Labute approximate surface area is 310 Å². The highest BCUT2D eigenvalue weighted by molar-refractivity contribution is 7.80. The van der Waals surface area contributed by atoms with Gasteiger partial charge in [0.05, 0.1) is 13.2 Å². The Kier molecular flexibility index (Phi) is 17.2. The minimum atomic E-state index is -1.79. The van der Waals surface area contributed by atoms with Gasteiger partial charge in [0.2, 0.25) is 5.91 Å². The van der Waals surface area contributed by atoms with Gasteiger partial charge >= 0.3 is 6.09 Å². The number of carbonyl (C=O) groups excluding carboxylic acids is 2. The van der Waals surface area contributed by atoms with E-state index in [2.05, 4.69) is 16.0 Å². The van der Waals surface area contributed by atoms with Crippen LogP contribution in [-0.2, 0) is 33.2 Å². The lowest BCUT2D eigenvalue weighted by Crippen LogP contribution is -2.65. The van der Waals surface area contributed by atoms with E-state index in [-0.39, 0.29) is 44.3 Å². The second-order valence-corrected chi connectivity index (χ2v) is 14.2. The number of aliphatic hydroxyl groups excluding tert-OH is 10. The van der Waals surface area contributed by atoms with Gasteiger partial charge in [0.15, 0.2) is 23.9 Å². The number of nitrogens with one attached hydrogen (secondary N) is 3. The van der Waals surface area contributed by atoms with Crippen molar-refractivity contribution in [1.29, 1.82) is 0 Å². The van der Waals surface area contributed by atoms with E-state index in [4.69, 9.17) is 40.6 Å². The molecule has 0 spiro atoms. The van der Waals surface area contributed by atoms with Crippen LogP contribution in [0, 0.1) is 0 Å². The first kappa shape index (κ1) is 45.2. The second-order valence-electron chi connectivity index (χ2n) is 13.8. The SMILES string of the molecule is CO[C@H]1O[C@H](CNC(=O)CCN(C[C@H]2O[C@H](OCCNC(=O)OC(C)(C)C)[C@@H](O)[C@@H](O)[C@@H]2O)C(=S)N[C@H]2O[C@H](CO)[C@@H](O)[C@H](O)[C@@H]2O)[C@@H](O)[C@H](O)[C@@H]1O. The van der Waals surface area contributed by atoms with E-state index in [9.17, 15) is 60.7 Å². The zero-order valence-corrected chi connectivity index (χ0v) is 30.5. The van der Waals surface area contributed by atoms with Gasteiger partial charge in [-0.05, 0) is 33.0 Å². The molecule has 13 N–H and O–H groups in total. The van der Waals surface area contributed by atoms with Crippen LogP contribution in [0.5, 0.6) is 0 Å². The molecular formula is C30H54N4O18S. The molecular weight excluding hydrogens is 736 g/mol. The van der Waals surface area contributed by atoms with Crippen LogP contribution in [0.3, 0.4) is 0 Å². The minimum absolute atomic E-state index is 0.0757. The highest BCUT2D eigenvalue weighted by atomic mass is 32.1. The molecule has 0 aromatic heterocycles. The molecule has 3 rings (SSSR count). The molecule has 308 valence electrons. The van der Waals surface area contributed by atoms with Crippen LogP contribution < -0.4 is 16.0 Å². The zero-order chi connectivity index (χ0) is 39.8. The molecule has 0 bridgehead atoms. The molecule has 0 aromatic rings. The normalized spacial score (nSPS) is 37.7. The number of nitrogens with zero attached hydrogens (tertiary/aromatic N) is 1. The monoisotopic (exact) mass is 790 g/mol. The van der Waals surface area contributed by atoms with Crippen LogP contribution in [0.2, 0.25) is 0 Å². The third-order valence-electron chi connectivity index (χ3n) is 8.58. The number of hydrogen-bond acceptors (Lipinski definition) is 19. The molecule has 15 atom stereocenters. The smallest absolute Gasteiger partial charge is 0.407 e. The van der Waals surface area contributed by atoms with Gasteiger partial charge in [0.25, 0.3) is 0 Å². The highest BCUT2D eigenvalue weighted by Crippen LogP contribution is 2.25. The molecule has 0 aliphatic carbocycles. The molecule has 3 heterocycles. The van der Waals surface area contributed by atoms with Gasteiger partial charge in [-0.3, -0.25) is 4.79 Å². The lowest BCUT2D eigenvalue weighted by Gasteiger charge is -2.43. The fourth-order valence-electron chi connectivity index (χ4n) is 5.59. The van der Waals surface area contributed by atoms with Crippen molar-refractivity contribution in [2.75, 3.05) is 46.5 Å². The molecule has 0 radical (unpaired) electrons. The maximum absolute atomic E-state index is 12.9. The van der Waals surface area contributed by atoms with E-state index in [1.165, 1.54) is 12.0 Å². The summed E-state index contributed by atoms with van der Waals surface area (Å²) in [5.74, 6) is -0.629. The lowest BCUT2D eigenvalue weighted by atomic mass is 9.98. The molecule has 0 saturated carbocycles. The summed E-state index contributed by atoms with van der Waals surface area (Å²) in [7, 11) is 1.22. The number of rotatable bonds is 14. The van der Waals surface area contributed by atoms with Gasteiger partial charge in [-0.25, -0.2) is 4.79 Å². The quantitative estimate of drug-likeness (QED) is 0.0574. The van der Waals surface area contributed by atoms with E-state index < -0.39 is 116 Å². The number of thiocarbonyl (C=S) groups is 1. The summed E-state index contributed by atoms with van der Waals surface area (Å²) in [4.78, 5) is 26.1. The van der Waals surface area contributed by atoms with Crippen molar-refractivity contribution in [2.45, 2.75) is 125 Å². The molecule has 3 aliphatic heterocycles. The topological polar surface area (TPSA) is 331 Å². The van der Waals surface area contributed by atoms with Crippen molar-refractivity contribution in [3.63, 3.8) is 0 Å². The second kappa shape index (κ2) is 20.1. The van der Waals surface area contributed by atoms with Gasteiger partial charge in [-0.15, -0.1) is 0 Å². The van der Waals surface area contributed by atoms with Crippen molar-refractivity contribution in [1.82, 2.24) is 20.9 Å². The Balaban J connectivity index is 1.70. The fourth-order valence-corrected chi connectivity index (χ4v) is 5.88. The van der Waals surface area contributed by atoms with E-state index in [0.717, 1.165) is 0 Å². The maximum atomic E-state index is 12.9. The number of alkyl carbamates (subject to hydrolysis) is 1. The van der Waals surface area contributed by atoms with Crippen LogP contribution in [-0.4, -0.2) is 217 Å². The van der Waals surface area contributed by atoms with Crippen LogP contribution in [0.4, 0.5) is 4.79 Å². The third-order valence-corrected chi connectivity index (χ3v) is 8.95. The summed E-state index contributed by atoms with van der Waals surface area (Å²) in [5, 5.41) is 110. The fraction of sp³-hybridized carbons (Fsp3) is 0.900. The lowest BCUT2D eigenvalue weighted by molar-refractivity contribution is -0.296. The number of carbonyl (C=O) groups is 2. The largest absolute Gasteiger partial charge is 0.444 e. The molecule has 3 aliphatic rings. The summed E-state index contributed by atoms with van der Waals surface area (Å²) in [6.45, 7) is 3.07. The van der Waals surface area contributed by atoms with Crippen molar-refractivity contribution in [3.05, 3.63) is 0 Å². The molecule has 2 amide bonds. The van der Waals surface area contributed by atoms with E-state index in [1.54, 1.807) is 20.8 Å². The van der Waals surface area contributed by atoms with Gasteiger partial charge in [0, 0.05) is 39.7 Å². The summed E-state index contributed by atoms with van der Waals surface area (Å²) in [6.07, 6.45) is -24.3. The van der Waals surface area contributed by atoms with Crippen molar-refractivity contribution < 1.29 is 89.1 Å². The van der Waals surface area contributed by atoms with Crippen molar-refractivity contribution in [3.8, 4) is 0 Å². The van der Waals surface area contributed by atoms with Gasteiger partial charge in [-0.1, -0.05) is 0 Å². The van der Waals surface area contributed by atoms with Gasteiger partial charge in [0.1, 0.15) is 78.8 Å². The number of ether oxygens (including phenoxy) is 6. The maximum Gasteiger partial charge on any atom is 0.407 e. The van der Waals surface area contributed by atoms with Crippen molar-refractivity contribution >= 4 is 29.3 Å². The number of methoxy groups -OCH3 is 1. The summed E-state index contributed by atoms with van der Waals surface area (Å²) >= 11 is 5.51. The first-order chi connectivity index (χ1) is 24.8. The minimum Gasteiger partial charge on any atom is -0.444 e. The van der Waals surface area contributed by atoms with E-state index in [0.29, 0.717) is 0 Å². The third kappa shape index (κ3) is 12.4. The van der Waals surface area contributed by atoms with Crippen LogP contribution in [0.25, 0.3) is 0 Å². The average molecular weight is 791 g/mol. The molecule has 53 heavy (non-hydrogen) atoms. The first-order valence-electron chi connectivity index (χ1n) is 16.9. The predicted molar refractivity (Wildman–Crippen MR) is 179 cm³/mol. The standard InChI is InChI=1S/C30H54N4O18S/c1-30(2,3)52-29(46)31-6-8-48-27-24(45)21(42)17(38)13(51-27)10-34(28(53)33-25-22(43)19(40)18(39)14(11-35)49-25)7-5-15(36)32-9-12-16(37)20(41)23(44)26(47-4)50-12/h12-14,16-27,35,37-45H,5-11H2,1-4H3,(H,31,46)(H,32,36)(H,33,53)/t12-,13-,14-,16-,17-,18-,19+,20+,21+,22+,23+,24+,25+,26+,27+/m1/s1. The van der Waals surface area contributed by atoms with Crippen LogP contribution >= 0.6 is 12.2 Å². The summed E-state index contributed by atoms with van der Waals surface area (Å²) in [6, 6.07) is 0. The molecule has 23 heteroatoms. The van der Waals surface area contributed by atoms with Gasteiger partial charge in [-0.2, -0.15) is 0 Å². The predicted octanol–water partition coefficient (Wildman–Crippen LogP) is -6.73. The molecule has 0 aromatic carbocycles. The number of amides is 2. The van der Waals surface area contributed by atoms with Crippen molar-refractivity contribution in [2.24, 2.45) is 0 Å². The van der Waals surface area contributed by atoms with Crippen LogP contribution in [0.15, 0.2) is 0 Å². The van der Waals surface area contributed by atoms with E-state index >= 15 is 0 Å². The molecule has 0 unspecified atom stereocenters. The Hall–Kier alpha value is -2.17. The molecule has 3 saturated heterocycles. The molecule has 3 fully saturated rings.